The van der Waals surface area contributed by atoms with Crippen LogP contribution in [0.1, 0.15) is 59.3 Å². The van der Waals surface area contributed by atoms with Gasteiger partial charge in [-0.25, -0.2) is 0 Å². The first-order valence-corrected chi connectivity index (χ1v) is 6.41. The summed E-state index contributed by atoms with van der Waals surface area (Å²) in [6, 6.07) is 2.79. The van der Waals surface area contributed by atoms with E-state index in [2.05, 4.69) is 31.7 Å². The fourth-order valence-corrected chi connectivity index (χ4v) is 1.84. The van der Waals surface area contributed by atoms with Crippen LogP contribution in [0.4, 0.5) is 0 Å². The molecule has 1 unspecified atom stereocenters. The summed E-state index contributed by atoms with van der Waals surface area (Å²) in [5.74, 6) is 0. The predicted molar refractivity (Wildman–Crippen MR) is 65.7 cm³/mol. The molecule has 0 aliphatic carbocycles. The minimum absolute atomic E-state index is 0.480. The Balaban J connectivity index is 4.10. The van der Waals surface area contributed by atoms with Crippen LogP contribution in [0.5, 0.6) is 0 Å². The number of rotatable bonds is 9. The van der Waals surface area contributed by atoms with Crippen molar-refractivity contribution in [1.29, 1.82) is 5.26 Å². The van der Waals surface area contributed by atoms with Crippen molar-refractivity contribution in [2.24, 2.45) is 0 Å². The largest absolute Gasteiger partial charge is 0.299 e. The molecule has 0 radical (unpaired) electrons. The fourth-order valence-electron chi connectivity index (χ4n) is 1.84. The molecule has 0 aromatic rings. The minimum atomic E-state index is 0.480. The number of hydrogen-bond acceptors (Lipinski definition) is 2. The van der Waals surface area contributed by atoms with Crippen molar-refractivity contribution in [2.75, 3.05) is 13.1 Å². The molecule has 0 saturated heterocycles. The lowest BCUT2D eigenvalue weighted by Gasteiger charge is -2.29. The monoisotopic (exact) mass is 210 g/mol. The van der Waals surface area contributed by atoms with Crippen molar-refractivity contribution in [2.45, 2.75) is 65.3 Å². The zero-order valence-electron chi connectivity index (χ0n) is 10.6. The number of unbranched alkanes of at least 4 members (excludes halogenated alkanes) is 2. The van der Waals surface area contributed by atoms with Crippen LogP contribution in [-0.4, -0.2) is 24.0 Å². The summed E-state index contributed by atoms with van der Waals surface area (Å²) in [7, 11) is 0. The summed E-state index contributed by atoms with van der Waals surface area (Å²) in [6.45, 7) is 8.97. The smallest absolute Gasteiger partial charge is 0.0638 e. The highest BCUT2D eigenvalue weighted by molar-refractivity contribution is 4.82. The maximum absolute atomic E-state index is 8.79. The Kier molecular flexibility index (Phi) is 9.62. The highest BCUT2D eigenvalue weighted by Crippen LogP contribution is 2.11. The van der Waals surface area contributed by atoms with Crippen LogP contribution < -0.4 is 0 Å². The van der Waals surface area contributed by atoms with Gasteiger partial charge in [-0.05, 0) is 32.4 Å². The van der Waals surface area contributed by atoms with Crippen molar-refractivity contribution in [3.8, 4) is 6.07 Å². The van der Waals surface area contributed by atoms with Crippen molar-refractivity contribution < 1.29 is 0 Å². The van der Waals surface area contributed by atoms with Gasteiger partial charge in [-0.3, -0.25) is 4.90 Å². The zero-order chi connectivity index (χ0) is 11.5. The minimum Gasteiger partial charge on any atom is -0.299 e. The molecule has 1 atom stereocenters. The van der Waals surface area contributed by atoms with Crippen LogP contribution in [0.3, 0.4) is 0 Å². The van der Waals surface area contributed by atoms with Gasteiger partial charge >= 0.3 is 0 Å². The van der Waals surface area contributed by atoms with E-state index in [1.807, 2.05) is 0 Å². The van der Waals surface area contributed by atoms with Crippen molar-refractivity contribution in [1.82, 2.24) is 4.90 Å². The molecule has 0 fully saturated rings. The lowest BCUT2D eigenvalue weighted by atomic mass is 10.1. The molecule has 88 valence electrons. The van der Waals surface area contributed by atoms with Crippen molar-refractivity contribution in [3.05, 3.63) is 0 Å². The van der Waals surface area contributed by atoms with E-state index in [1.165, 1.54) is 25.7 Å². The Bertz CT molecular complexity index is 164. The average molecular weight is 210 g/mol. The van der Waals surface area contributed by atoms with Crippen LogP contribution in [0, 0.1) is 11.3 Å². The Morgan fingerprint density at radius 2 is 1.60 bits per heavy atom. The maximum Gasteiger partial charge on any atom is 0.0638 e. The fraction of sp³-hybridized carbons (Fsp3) is 0.923. The molecule has 0 N–H and O–H groups in total. The van der Waals surface area contributed by atoms with Crippen LogP contribution in [0.15, 0.2) is 0 Å². The van der Waals surface area contributed by atoms with Crippen molar-refractivity contribution >= 4 is 0 Å². The predicted octanol–water partition coefficient (Wildman–Crippen LogP) is 3.58. The van der Waals surface area contributed by atoms with E-state index in [1.54, 1.807) is 0 Å². The average Bonchev–Trinajstić information content (AvgIpc) is 2.27. The van der Waals surface area contributed by atoms with Crippen LogP contribution in [0.2, 0.25) is 0 Å². The van der Waals surface area contributed by atoms with Crippen LogP contribution in [-0.2, 0) is 0 Å². The Morgan fingerprint density at radius 1 is 1.07 bits per heavy atom. The number of nitrogens with zero attached hydrogens (tertiary/aromatic N) is 2. The molecule has 0 bridgehead atoms. The first kappa shape index (κ1) is 14.5. The molecule has 0 rings (SSSR count). The highest BCUT2D eigenvalue weighted by Gasteiger charge is 2.14. The number of nitriles is 1. The molecule has 0 aliphatic rings. The molecule has 0 saturated carbocycles. The molecular weight excluding hydrogens is 184 g/mol. The van der Waals surface area contributed by atoms with E-state index in [4.69, 9.17) is 5.26 Å². The van der Waals surface area contributed by atoms with Gasteiger partial charge in [-0.2, -0.15) is 5.26 Å². The van der Waals surface area contributed by atoms with E-state index in [-0.39, 0.29) is 0 Å². The second kappa shape index (κ2) is 9.98. The van der Waals surface area contributed by atoms with Gasteiger partial charge in [0.25, 0.3) is 0 Å². The van der Waals surface area contributed by atoms with Gasteiger partial charge in [-0.1, -0.05) is 33.6 Å². The summed E-state index contributed by atoms with van der Waals surface area (Å²) in [4.78, 5) is 2.51. The summed E-state index contributed by atoms with van der Waals surface area (Å²) in [5.41, 5.74) is 0. The lowest BCUT2D eigenvalue weighted by molar-refractivity contribution is 0.187. The van der Waals surface area contributed by atoms with Crippen LogP contribution in [0.25, 0.3) is 0 Å². The van der Waals surface area contributed by atoms with Gasteiger partial charge in [0.15, 0.2) is 0 Å². The molecule has 0 aromatic carbocycles. The summed E-state index contributed by atoms with van der Waals surface area (Å²) in [5, 5.41) is 8.79. The van der Waals surface area contributed by atoms with E-state index < -0.39 is 0 Å². The highest BCUT2D eigenvalue weighted by atomic mass is 15.1. The molecule has 0 aliphatic heterocycles. The molecular formula is C13H26N2. The summed E-state index contributed by atoms with van der Waals surface area (Å²) < 4.78 is 0. The third-order valence-electron chi connectivity index (χ3n) is 2.91. The number of hydrogen-bond donors (Lipinski definition) is 0. The van der Waals surface area contributed by atoms with Gasteiger partial charge in [0.2, 0.25) is 0 Å². The molecule has 2 heteroatoms. The first-order valence-electron chi connectivity index (χ1n) is 6.41. The standard InChI is InChI=1S/C13H26N2/c1-4-7-11-15(12-8-5-2)13(6-3)9-10-14/h13H,4-9,11-12H2,1-3H3. The van der Waals surface area contributed by atoms with Gasteiger partial charge in [-0.15, -0.1) is 0 Å². The molecule has 15 heavy (non-hydrogen) atoms. The van der Waals surface area contributed by atoms with E-state index >= 15 is 0 Å². The van der Waals surface area contributed by atoms with E-state index in [0.29, 0.717) is 12.5 Å². The maximum atomic E-state index is 8.79. The molecule has 0 aromatic heterocycles. The summed E-state index contributed by atoms with van der Waals surface area (Å²) >= 11 is 0. The third-order valence-corrected chi connectivity index (χ3v) is 2.91. The summed E-state index contributed by atoms with van der Waals surface area (Å²) in [6.07, 6.45) is 6.78. The van der Waals surface area contributed by atoms with E-state index in [0.717, 1.165) is 19.5 Å². The second-order valence-corrected chi connectivity index (χ2v) is 4.17. The lowest BCUT2D eigenvalue weighted by Crippen LogP contribution is -2.36. The second-order valence-electron chi connectivity index (χ2n) is 4.17. The van der Waals surface area contributed by atoms with E-state index in [9.17, 15) is 0 Å². The van der Waals surface area contributed by atoms with Crippen LogP contribution >= 0.6 is 0 Å². The van der Waals surface area contributed by atoms with Gasteiger partial charge in [0, 0.05) is 6.04 Å². The third kappa shape index (κ3) is 6.52. The van der Waals surface area contributed by atoms with Crippen molar-refractivity contribution in [3.63, 3.8) is 0 Å². The zero-order valence-corrected chi connectivity index (χ0v) is 10.6. The van der Waals surface area contributed by atoms with Gasteiger partial charge in [0.05, 0.1) is 12.5 Å². The molecule has 2 nitrogen and oxygen atoms in total. The van der Waals surface area contributed by atoms with Gasteiger partial charge in [0.1, 0.15) is 0 Å². The Labute approximate surface area is 95.3 Å². The quantitative estimate of drug-likeness (QED) is 0.581. The molecule has 0 heterocycles. The normalized spacial score (nSPS) is 12.7. The van der Waals surface area contributed by atoms with Gasteiger partial charge < -0.3 is 0 Å². The SMILES string of the molecule is CCCCN(CCCC)C(CC)CC#N. The Morgan fingerprint density at radius 3 is 1.93 bits per heavy atom. The molecule has 0 spiro atoms. The Hall–Kier alpha value is -0.550. The molecule has 0 amide bonds. The first-order chi connectivity index (χ1) is 7.29. The topological polar surface area (TPSA) is 27.0 Å².